The molecular formula is C10H8N4O2S. The molecule has 0 atom stereocenters. The fraction of sp³-hybridized carbons (Fsp3) is 0.200. The molecule has 0 amide bonds. The molecule has 2 N–H and O–H groups in total. The Labute approximate surface area is 100 Å². The van der Waals surface area contributed by atoms with Crippen LogP contribution in [-0.4, -0.2) is 31.0 Å². The summed E-state index contributed by atoms with van der Waals surface area (Å²) in [6.07, 6.45) is 1.29. The van der Waals surface area contributed by atoms with Crippen LogP contribution < -0.4 is 5.56 Å². The molecule has 0 saturated carbocycles. The van der Waals surface area contributed by atoms with E-state index in [9.17, 15) is 9.59 Å². The van der Waals surface area contributed by atoms with Crippen molar-refractivity contribution in [2.75, 3.05) is 5.75 Å². The van der Waals surface area contributed by atoms with Gasteiger partial charge in [-0.1, -0.05) is 17.7 Å². The first kappa shape index (κ1) is 11.4. The second kappa shape index (κ2) is 4.84. The Morgan fingerprint density at radius 1 is 1.59 bits per heavy atom. The maximum Gasteiger partial charge on any atom is 0.263 e. The Hall–Kier alpha value is -2.07. The monoisotopic (exact) mass is 248 g/mol. The van der Waals surface area contributed by atoms with Gasteiger partial charge in [0.1, 0.15) is 11.1 Å². The third-order valence-electron chi connectivity index (χ3n) is 1.92. The Morgan fingerprint density at radius 2 is 2.41 bits per heavy atom. The molecule has 17 heavy (non-hydrogen) atoms. The van der Waals surface area contributed by atoms with Crippen LogP contribution in [0.3, 0.4) is 0 Å². The first-order valence-corrected chi connectivity index (χ1v) is 5.71. The molecule has 0 aliphatic heterocycles. The number of thioether (sulfide) groups is 1. The van der Waals surface area contributed by atoms with Gasteiger partial charge >= 0.3 is 0 Å². The number of hydrogen-bond donors (Lipinski definition) is 2. The number of H-pyrrole nitrogens is 2. The lowest BCUT2D eigenvalue weighted by molar-refractivity contribution is -0.109. The molecule has 86 valence electrons. The summed E-state index contributed by atoms with van der Waals surface area (Å²) in [5.74, 6) is 5.92. The van der Waals surface area contributed by atoms with E-state index in [-0.39, 0.29) is 10.7 Å². The quantitative estimate of drug-likeness (QED) is 0.707. The SMILES string of the molecule is CC(=O)SCC#Cc1[nH]nc2nc[nH]c(=O)c12. The van der Waals surface area contributed by atoms with E-state index in [1.54, 1.807) is 0 Å². The number of hydrogen-bond acceptors (Lipinski definition) is 5. The predicted octanol–water partition coefficient (Wildman–Crippen LogP) is 0.277. The highest BCUT2D eigenvalue weighted by Gasteiger charge is 2.07. The smallest absolute Gasteiger partial charge is 0.263 e. The molecule has 2 rings (SSSR count). The van der Waals surface area contributed by atoms with Crippen molar-refractivity contribution in [1.82, 2.24) is 20.2 Å². The minimum atomic E-state index is -0.285. The number of nitrogens with one attached hydrogen (secondary N) is 2. The second-order valence-electron chi connectivity index (χ2n) is 3.11. The number of aromatic amines is 2. The van der Waals surface area contributed by atoms with Crippen LogP contribution in [0.2, 0.25) is 0 Å². The standard InChI is InChI=1S/C10H8N4O2S/c1-6(15)17-4-2-3-7-8-9(14-13-7)11-5-12-10(8)16/h5H,4H2,1H3,(H2,11,12,13,14,16). The van der Waals surface area contributed by atoms with E-state index in [0.29, 0.717) is 22.5 Å². The summed E-state index contributed by atoms with van der Waals surface area (Å²) >= 11 is 1.11. The summed E-state index contributed by atoms with van der Waals surface area (Å²) in [7, 11) is 0. The molecule has 0 unspecified atom stereocenters. The van der Waals surface area contributed by atoms with E-state index < -0.39 is 0 Å². The summed E-state index contributed by atoms with van der Waals surface area (Å²) in [4.78, 5) is 28.6. The lowest BCUT2D eigenvalue weighted by Gasteiger charge is -1.86. The molecule has 0 aromatic carbocycles. The van der Waals surface area contributed by atoms with Crippen molar-refractivity contribution in [3.05, 3.63) is 22.4 Å². The van der Waals surface area contributed by atoms with Crippen LogP contribution in [-0.2, 0) is 4.79 Å². The maximum atomic E-state index is 11.5. The molecule has 7 heteroatoms. The molecular weight excluding hydrogens is 240 g/mol. The minimum absolute atomic E-state index is 0.00767. The Balaban J connectivity index is 2.31. The molecule has 0 fully saturated rings. The zero-order chi connectivity index (χ0) is 12.3. The van der Waals surface area contributed by atoms with Crippen LogP contribution in [0.25, 0.3) is 11.0 Å². The van der Waals surface area contributed by atoms with Gasteiger partial charge in [0.05, 0.1) is 12.1 Å². The van der Waals surface area contributed by atoms with Crippen molar-refractivity contribution in [1.29, 1.82) is 0 Å². The largest absolute Gasteiger partial charge is 0.312 e. The zero-order valence-corrected chi connectivity index (χ0v) is 9.72. The first-order valence-electron chi connectivity index (χ1n) is 4.72. The highest BCUT2D eigenvalue weighted by Crippen LogP contribution is 2.06. The van der Waals surface area contributed by atoms with Gasteiger partial charge in [0.15, 0.2) is 10.8 Å². The molecule has 0 bridgehead atoms. The van der Waals surface area contributed by atoms with Crippen molar-refractivity contribution in [2.24, 2.45) is 0 Å². The van der Waals surface area contributed by atoms with Crippen LogP contribution in [0, 0.1) is 11.8 Å². The van der Waals surface area contributed by atoms with Crippen molar-refractivity contribution >= 4 is 27.9 Å². The Morgan fingerprint density at radius 3 is 3.18 bits per heavy atom. The van der Waals surface area contributed by atoms with Crippen LogP contribution in [0.15, 0.2) is 11.1 Å². The van der Waals surface area contributed by atoms with E-state index in [0.717, 1.165) is 11.8 Å². The predicted molar refractivity (Wildman–Crippen MR) is 64.5 cm³/mol. The first-order chi connectivity index (χ1) is 8.18. The third-order valence-corrected chi connectivity index (χ3v) is 2.61. The van der Waals surface area contributed by atoms with Gasteiger partial charge in [0.25, 0.3) is 5.56 Å². The van der Waals surface area contributed by atoms with E-state index in [1.165, 1.54) is 13.3 Å². The van der Waals surface area contributed by atoms with Crippen molar-refractivity contribution in [3.8, 4) is 11.8 Å². The average Bonchev–Trinajstić information content (AvgIpc) is 2.69. The van der Waals surface area contributed by atoms with Crippen molar-refractivity contribution in [2.45, 2.75) is 6.92 Å². The van der Waals surface area contributed by atoms with Crippen molar-refractivity contribution in [3.63, 3.8) is 0 Å². The lowest BCUT2D eigenvalue weighted by Crippen LogP contribution is -2.06. The van der Waals surface area contributed by atoms with Gasteiger partial charge in [0, 0.05) is 6.92 Å². The van der Waals surface area contributed by atoms with Gasteiger partial charge in [-0.05, 0) is 5.92 Å². The van der Waals surface area contributed by atoms with Gasteiger partial charge in [0.2, 0.25) is 0 Å². The number of aromatic nitrogens is 4. The lowest BCUT2D eigenvalue weighted by atomic mass is 10.3. The summed E-state index contributed by atoms with van der Waals surface area (Å²) in [5.41, 5.74) is 0.461. The van der Waals surface area contributed by atoms with Gasteiger partial charge in [-0.2, -0.15) is 5.10 Å². The molecule has 6 nitrogen and oxygen atoms in total. The molecule has 0 saturated heterocycles. The molecule has 0 aliphatic rings. The summed E-state index contributed by atoms with van der Waals surface area (Å²) in [5, 5.41) is 6.85. The number of nitrogens with zero attached hydrogens (tertiary/aromatic N) is 2. The van der Waals surface area contributed by atoms with E-state index in [1.807, 2.05) is 0 Å². The minimum Gasteiger partial charge on any atom is -0.312 e. The molecule has 2 heterocycles. The van der Waals surface area contributed by atoms with Gasteiger partial charge < -0.3 is 4.98 Å². The summed E-state index contributed by atoms with van der Waals surface area (Å²) in [6.45, 7) is 1.48. The normalized spacial score (nSPS) is 9.94. The molecule has 2 aromatic rings. The number of carbonyl (C=O) groups is 1. The highest BCUT2D eigenvalue weighted by molar-refractivity contribution is 8.13. The van der Waals surface area contributed by atoms with E-state index >= 15 is 0 Å². The maximum absolute atomic E-state index is 11.5. The van der Waals surface area contributed by atoms with Crippen molar-refractivity contribution < 1.29 is 4.79 Å². The van der Waals surface area contributed by atoms with Gasteiger partial charge in [-0.3, -0.25) is 14.7 Å². The molecule has 2 aromatic heterocycles. The second-order valence-corrected chi connectivity index (χ2v) is 4.26. The molecule has 0 radical (unpaired) electrons. The fourth-order valence-corrected chi connectivity index (χ4v) is 1.57. The zero-order valence-electron chi connectivity index (χ0n) is 8.90. The van der Waals surface area contributed by atoms with Gasteiger partial charge in [-0.15, -0.1) is 0 Å². The van der Waals surface area contributed by atoms with Crippen LogP contribution in [0.4, 0.5) is 0 Å². The van der Waals surface area contributed by atoms with E-state index in [2.05, 4.69) is 32.0 Å². The topological polar surface area (TPSA) is 91.5 Å². The molecule has 0 aliphatic carbocycles. The summed E-state index contributed by atoms with van der Waals surface area (Å²) in [6, 6.07) is 0. The number of rotatable bonds is 1. The van der Waals surface area contributed by atoms with Gasteiger partial charge in [-0.25, -0.2) is 4.98 Å². The fourth-order valence-electron chi connectivity index (χ4n) is 1.22. The van der Waals surface area contributed by atoms with Crippen LogP contribution in [0.1, 0.15) is 12.6 Å². The van der Waals surface area contributed by atoms with E-state index in [4.69, 9.17) is 0 Å². The highest BCUT2D eigenvalue weighted by atomic mass is 32.2. The molecule has 0 spiro atoms. The summed E-state index contributed by atoms with van der Waals surface area (Å²) < 4.78 is 0. The van der Waals surface area contributed by atoms with Crippen LogP contribution >= 0.6 is 11.8 Å². The third kappa shape index (κ3) is 2.54. The number of carbonyl (C=O) groups excluding carboxylic acids is 1. The Bertz CT molecular complexity index is 677. The Kier molecular flexibility index (Phi) is 3.25. The van der Waals surface area contributed by atoms with Crippen LogP contribution in [0.5, 0.6) is 0 Å². The average molecular weight is 248 g/mol. The number of fused-ring (bicyclic) bond motifs is 1.